The summed E-state index contributed by atoms with van der Waals surface area (Å²) in [5, 5.41) is 14.0. The zero-order valence-corrected chi connectivity index (χ0v) is 15.4. The minimum atomic E-state index is -0.392. The molecule has 8 nitrogen and oxygen atoms in total. The third-order valence-corrected chi connectivity index (χ3v) is 5.31. The van der Waals surface area contributed by atoms with Crippen LogP contribution in [0, 0.1) is 22.0 Å². The maximum Gasteiger partial charge on any atom is 0.309 e. The second-order valence-electron chi connectivity index (χ2n) is 7.31. The molecular weight excluding hydrogens is 350 g/mol. The first-order valence-electron chi connectivity index (χ1n) is 9.40. The molecule has 1 amide bonds. The topological polar surface area (TPSA) is 102 Å². The number of anilines is 1. The first-order chi connectivity index (χ1) is 13.0. The molecule has 1 aliphatic heterocycles. The van der Waals surface area contributed by atoms with Gasteiger partial charge in [-0.3, -0.25) is 19.7 Å². The SMILES string of the molecule is C[C@@H](NC(=O)COC(=O)C1CCN(c2ccccc2[N+](=O)[O-])CC1)C1CC1. The molecule has 146 valence electrons. The van der Waals surface area contributed by atoms with Gasteiger partial charge in [-0.2, -0.15) is 0 Å². The van der Waals surface area contributed by atoms with Gasteiger partial charge in [0.05, 0.1) is 10.8 Å². The Bertz CT molecular complexity index is 711. The van der Waals surface area contributed by atoms with Crippen LogP contribution in [-0.2, 0) is 14.3 Å². The number of hydrogen-bond acceptors (Lipinski definition) is 6. The van der Waals surface area contributed by atoms with Crippen molar-refractivity contribution in [2.24, 2.45) is 11.8 Å². The summed E-state index contributed by atoms with van der Waals surface area (Å²) in [5.41, 5.74) is 0.641. The number of hydrogen-bond donors (Lipinski definition) is 1. The molecule has 1 aliphatic carbocycles. The number of nitrogens with one attached hydrogen (secondary N) is 1. The van der Waals surface area contributed by atoms with Crippen molar-refractivity contribution < 1.29 is 19.2 Å². The first kappa shape index (κ1) is 19.1. The van der Waals surface area contributed by atoms with E-state index < -0.39 is 4.92 Å². The zero-order chi connectivity index (χ0) is 19.4. The number of para-hydroxylation sites is 2. The smallest absolute Gasteiger partial charge is 0.309 e. The Balaban J connectivity index is 1.45. The predicted octanol–water partition coefficient (Wildman–Crippen LogP) is 2.27. The number of amides is 1. The number of nitro groups is 1. The number of nitro benzene ring substituents is 1. The van der Waals surface area contributed by atoms with Gasteiger partial charge in [-0.1, -0.05) is 12.1 Å². The van der Waals surface area contributed by atoms with Crippen LogP contribution in [0.2, 0.25) is 0 Å². The maximum atomic E-state index is 12.2. The average molecular weight is 375 g/mol. The standard InChI is InChI=1S/C19H25N3O5/c1-13(14-6-7-14)20-18(23)12-27-19(24)15-8-10-21(11-9-15)16-4-2-3-5-17(16)22(25)26/h2-5,13-15H,6-12H2,1H3,(H,20,23)/t13-/m1/s1. The molecule has 27 heavy (non-hydrogen) atoms. The van der Waals surface area contributed by atoms with E-state index in [1.807, 2.05) is 11.8 Å². The van der Waals surface area contributed by atoms with Gasteiger partial charge in [-0.05, 0) is 44.6 Å². The summed E-state index contributed by atoms with van der Waals surface area (Å²) in [6.07, 6.45) is 3.37. The number of ether oxygens (including phenoxy) is 1. The van der Waals surface area contributed by atoms with Gasteiger partial charge in [-0.15, -0.1) is 0 Å². The van der Waals surface area contributed by atoms with E-state index >= 15 is 0 Å². The van der Waals surface area contributed by atoms with Crippen molar-refractivity contribution in [2.45, 2.75) is 38.6 Å². The van der Waals surface area contributed by atoms with Gasteiger partial charge in [0.2, 0.25) is 0 Å². The fourth-order valence-corrected chi connectivity index (χ4v) is 3.51. The van der Waals surface area contributed by atoms with Crippen LogP contribution in [-0.4, -0.2) is 42.5 Å². The van der Waals surface area contributed by atoms with Crippen LogP contribution in [0.4, 0.5) is 11.4 Å². The van der Waals surface area contributed by atoms with Crippen molar-refractivity contribution in [1.29, 1.82) is 0 Å². The van der Waals surface area contributed by atoms with E-state index in [4.69, 9.17) is 4.74 Å². The second-order valence-corrected chi connectivity index (χ2v) is 7.31. The largest absolute Gasteiger partial charge is 0.455 e. The van der Waals surface area contributed by atoms with Gasteiger partial charge in [0, 0.05) is 25.2 Å². The number of benzene rings is 1. The predicted molar refractivity (Wildman–Crippen MR) is 99.3 cm³/mol. The van der Waals surface area contributed by atoms with Crippen LogP contribution in [0.1, 0.15) is 32.6 Å². The fraction of sp³-hybridized carbons (Fsp3) is 0.579. The van der Waals surface area contributed by atoms with Crippen LogP contribution in [0.3, 0.4) is 0 Å². The lowest BCUT2D eigenvalue weighted by Crippen LogP contribution is -2.40. The monoisotopic (exact) mass is 375 g/mol. The first-order valence-corrected chi connectivity index (χ1v) is 9.40. The van der Waals surface area contributed by atoms with Gasteiger partial charge in [0.1, 0.15) is 5.69 Å². The molecule has 0 bridgehead atoms. The van der Waals surface area contributed by atoms with Gasteiger partial charge in [-0.25, -0.2) is 0 Å². The summed E-state index contributed by atoms with van der Waals surface area (Å²) in [7, 11) is 0. The van der Waals surface area contributed by atoms with Crippen LogP contribution in [0.25, 0.3) is 0 Å². The van der Waals surface area contributed by atoms with E-state index in [1.54, 1.807) is 18.2 Å². The molecule has 0 unspecified atom stereocenters. The molecule has 1 atom stereocenters. The minimum Gasteiger partial charge on any atom is -0.455 e. The summed E-state index contributed by atoms with van der Waals surface area (Å²) in [5.74, 6) is -0.361. The molecule has 3 rings (SSSR count). The van der Waals surface area contributed by atoms with Gasteiger partial charge in [0.25, 0.3) is 11.6 Å². The third kappa shape index (κ3) is 4.96. The van der Waals surface area contributed by atoms with E-state index in [9.17, 15) is 19.7 Å². The van der Waals surface area contributed by atoms with Crippen molar-refractivity contribution in [1.82, 2.24) is 5.32 Å². The molecule has 1 N–H and O–H groups in total. The van der Waals surface area contributed by atoms with Crippen LogP contribution >= 0.6 is 0 Å². The summed E-state index contributed by atoms with van der Waals surface area (Å²) < 4.78 is 5.17. The number of carbonyl (C=O) groups excluding carboxylic acids is 2. The van der Waals surface area contributed by atoms with E-state index in [1.165, 1.54) is 6.07 Å². The number of carbonyl (C=O) groups is 2. The van der Waals surface area contributed by atoms with Crippen LogP contribution in [0.15, 0.2) is 24.3 Å². The molecule has 2 aliphatic rings. The molecule has 1 saturated carbocycles. The van der Waals surface area contributed by atoms with Crippen molar-refractivity contribution in [3.63, 3.8) is 0 Å². The molecule has 1 heterocycles. The Labute approximate surface area is 158 Å². The Hall–Kier alpha value is -2.64. The summed E-state index contributed by atoms with van der Waals surface area (Å²) in [4.78, 5) is 36.8. The highest BCUT2D eigenvalue weighted by molar-refractivity contribution is 5.81. The van der Waals surface area contributed by atoms with Gasteiger partial charge < -0.3 is 15.0 Å². The summed E-state index contributed by atoms with van der Waals surface area (Å²) >= 11 is 0. The lowest BCUT2D eigenvalue weighted by Gasteiger charge is -2.32. The van der Waals surface area contributed by atoms with Crippen LogP contribution in [0.5, 0.6) is 0 Å². The van der Waals surface area contributed by atoms with Gasteiger partial charge >= 0.3 is 5.97 Å². The van der Waals surface area contributed by atoms with E-state index in [0.717, 1.165) is 12.8 Å². The minimum absolute atomic E-state index is 0.0694. The van der Waals surface area contributed by atoms with Crippen LogP contribution < -0.4 is 10.2 Å². The lowest BCUT2D eigenvalue weighted by atomic mass is 9.96. The third-order valence-electron chi connectivity index (χ3n) is 5.31. The molecule has 1 aromatic rings. The highest BCUT2D eigenvalue weighted by Gasteiger charge is 2.31. The fourth-order valence-electron chi connectivity index (χ4n) is 3.51. The molecule has 1 saturated heterocycles. The van der Waals surface area contributed by atoms with Gasteiger partial charge in [0.15, 0.2) is 6.61 Å². The number of esters is 1. The second kappa shape index (κ2) is 8.37. The molecular formula is C19H25N3O5. The number of nitrogens with zero attached hydrogens (tertiary/aromatic N) is 2. The van der Waals surface area contributed by atoms with Crippen molar-refractivity contribution >= 4 is 23.3 Å². The van der Waals surface area contributed by atoms with E-state index in [-0.39, 0.29) is 36.1 Å². The molecule has 0 aromatic heterocycles. The summed E-state index contributed by atoms with van der Waals surface area (Å²) in [6, 6.07) is 6.74. The van der Waals surface area contributed by atoms with E-state index in [2.05, 4.69) is 5.32 Å². The number of piperidine rings is 1. The Kier molecular flexibility index (Phi) is 5.93. The average Bonchev–Trinajstić information content (AvgIpc) is 3.51. The summed E-state index contributed by atoms with van der Waals surface area (Å²) in [6.45, 7) is 2.79. The molecule has 0 radical (unpaired) electrons. The maximum absolute atomic E-state index is 12.2. The highest BCUT2D eigenvalue weighted by Crippen LogP contribution is 2.32. The Morgan fingerprint density at radius 1 is 1.26 bits per heavy atom. The van der Waals surface area contributed by atoms with Crippen molar-refractivity contribution in [3.8, 4) is 0 Å². The molecule has 8 heteroatoms. The Morgan fingerprint density at radius 3 is 2.56 bits per heavy atom. The molecule has 1 aromatic carbocycles. The lowest BCUT2D eigenvalue weighted by molar-refractivity contribution is -0.384. The van der Waals surface area contributed by atoms with Crippen molar-refractivity contribution in [3.05, 3.63) is 34.4 Å². The quantitative estimate of drug-likeness (QED) is 0.446. The molecule has 0 spiro atoms. The zero-order valence-electron chi connectivity index (χ0n) is 15.4. The highest BCUT2D eigenvalue weighted by atomic mass is 16.6. The normalized spacial score (nSPS) is 18.6. The Morgan fingerprint density at radius 2 is 1.93 bits per heavy atom. The van der Waals surface area contributed by atoms with E-state index in [0.29, 0.717) is 37.5 Å². The van der Waals surface area contributed by atoms with Crippen molar-refractivity contribution in [2.75, 3.05) is 24.6 Å². The molecule has 2 fully saturated rings. The number of rotatable bonds is 7.